The number of H-pyrrole nitrogens is 1. The first-order valence-corrected chi connectivity index (χ1v) is 27.3. The van der Waals surface area contributed by atoms with Crippen molar-refractivity contribution < 1.29 is 62.0 Å². The molecular formula is C57H79N13O14. The van der Waals surface area contributed by atoms with Crippen LogP contribution in [-0.4, -0.2) is 157 Å². The molecule has 0 aliphatic carbocycles. The van der Waals surface area contributed by atoms with Gasteiger partial charge >= 0.3 is 17.8 Å². The van der Waals surface area contributed by atoms with Crippen molar-refractivity contribution in [3.63, 3.8) is 0 Å². The van der Waals surface area contributed by atoms with E-state index in [-0.39, 0.29) is 126 Å². The Morgan fingerprint density at radius 1 is 0.798 bits per heavy atom. The molecule has 27 heteroatoms. The number of ether oxygens (including phenoxy) is 6. The summed E-state index contributed by atoms with van der Waals surface area (Å²) in [4.78, 5) is 112. The molecule has 6 rings (SSSR count). The minimum Gasteiger partial charge on any atom is -0.496 e. The maximum Gasteiger partial charge on any atom is 0.410 e. The van der Waals surface area contributed by atoms with Crippen molar-refractivity contribution in [2.75, 3.05) is 91.1 Å². The molecule has 3 aromatic carbocycles. The number of anilines is 2. The van der Waals surface area contributed by atoms with Crippen molar-refractivity contribution in [3.05, 3.63) is 117 Å². The number of hydrogen-bond acceptors (Lipinski definition) is 19. The molecule has 0 saturated carbocycles. The number of benzene rings is 3. The molecule has 0 saturated heterocycles. The minimum absolute atomic E-state index is 0.00391. The van der Waals surface area contributed by atoms with Crippen LogP contribution in [0.4, 0.5) is 16.3 Å². The van der Waals surface area contributed by atoms with E-state index in [1.54, 1.807) is 62.1 Å². The quantitative estimate of drug-likeness (QED) is 0.0170. The second kappa shape index (κ2) is 36.6. The fraction of sp³-hybridized carbons (Fsp3) is 0.439. The van der Waals surface area contributed by atoms with Crippen molar-refractivity contribution in [1.29, 1.82) is 0 Å². The number of aromatic nitrogens is 4. The second-order valence-electron chi connectivity index (χ2n) is 18.7. The molecule has 2 aromatic heterocycles. The van der Waals surface area contributed by atoms with Gasteiger partial charge in [-0.2, -0.15) is 9.97 Å². The van der Waals surface area contributed by atoms with Gasteiger partial charge in [0, 0.05) is 56.0 Å². The number of amides is 7. The van der Waals surface area contributed by atoms with Crippen LogP contribution in [0.5, 0.6) is 11.8 Å². The Morgan fingerprint density at radius 2 is 1.42 bits per heavy atom. The van der Waals surface area contributed by atoms with Crippen molar-refractivity contribution in [1.82, 2.24) is 45.3 Å². The molecule has 3 heterocycles. The number of carbonyl (C=O) groups excluding carboxylic acids is 7. The van der Waals surface area contributed by atoms with Gasteiger partial charge in [0.2, 0.25) is 24.1 Å². The normalized spacial score (nSPS) is 11.9. The summed E-state index contributed by atoms with van der Waals surface area (Å²) in [5.41, 5.74) is 20.8. The molecule has 1 atom stereocenters. The van der Waals surface area contributed by atoms with Crippen LogP contribution in [0.15, 0.2) is 83.7 Å². The third kappa shape index (κ3) is 22.2. The molecule has 1 aliphatic heterocycles. The topological polar surface area (TPSA) is 371 Å². The average molecular weight is 1170 g/mol. The van der Waals surface area contributed by atoms with E-state index in [4.69, 9.17) is 39.9 Å². The Morgan fingerprint density at radius 3 is 2.02 bits per heavy atom. The number of nitrogens with zero attached hydrogens (tertiary/aromatic N) is 5. The molecular weight excluding hydrogens is 1090 g/mol. The lowest BCUT2D eigenvalue weighted by Gasteiger charge is -2.23. The van der Waals surface area contributed by atoms with Crippen LogP contribution < -0.4 is 53.6 Å². The average Bonchev–Trinajstić information content (AvgIpc) is 2.83. The van der Waals surface area contributed by atoms with Gasteiger partial charge in [0.1, 0.15) is 23.9 Å². The van der Waals surface area contributed by atoms with Crippen LogP contribution in [-0.2, 0) is 80.5 Å². The number of rotatable bonds is 33. The Balaban J connectivity index is 0.00000178. The highest BCUT2D eigenvalue weighted by Crippen LogP contribution is 2.26. The number of imide groups is 1. The summed E-state index contributed by atoms with van der Waals surface area (Å²) in [5, 5.41) is 10.5. The van der Waals surface area contributed by atoms with Crippen molar-refractivity contribution in [3.8, 4) is 11.8 Å². The lowest BCUT2D eigenvalue weighted by Crippen LogP contribution is -2.51. The Labute approximate surface area is 487 Å². The molecule has 1 unspecified atom stereocenters. The first-order chi connectivity index (χ1) is 40.6. The maximum atomic E-state index is 13.8. The number of methoxy groups -OCH3 is 1. The smallest absolute Gasteiger partial charge is 0.410 e. The lowest BCUT2D eigenvalue weighted by atomic mass is 10.0. The van der Waals surface area contributed by atoms with Gasteiger partial charge < -0.3 is 71.9 Å². The fourth-order valence-electron chi connectivity index (χ4n) is 7.87. The molecule has 0 fully saturated rings. The molecule has 84 heavy (non-hydrogen) atoms. The van der Waals surface area contributed by atoms with Gasteiger partial charge in [0.25, 0.3) is 11.8 Å². The number of hydrogen-bond donors (Lipinski definition) is 8. The van der Waals surface area contributed by atoms with Gasteiger partial charge in [-0.05, 0) is 66.8 Å². The third-order valence-corrected chi connectivity index (χ3v) is 12.2. The van der Waals surface area contributed by atoms with Crippen molar-refractivity contribution >= 4 is 64.7 Å². The molecule has 5 aromatic rings. The number of carbonyl (C=O) groups is 7. The number of imidazole rings is 1. The van der Waals surface area contributed by atoms with Gasteiger partial charge in [-0.25, -0.2) is 9.59 Å². The van der Waals surface area contributed by atoms with Crippen LogP contribution in [0.3, 0.4) is 0 Å². The Hall–Kier alpha value is -8.76. The van der Waals surface area contributed by atoms with Crippen LogP contribution in [0.2, 0.25) is 0 Å². The van der Waals surface area contributed by atoms with E-state index >= 15 is 0 Å². The van der Waals surface area contributed by atoms with Crippen LogP contribution >= 0.6 is 0 Å². The van der Waals surface area contributed by atoms with Gasteiger partial charge in [-0.3, -0.25) is 43.1 Å². The van der Waals surface area contributed by atoms with Crippen LogP contribution in [0, 0.1) is 5.92 Å². The lowest BCUT2D eigenvalue weighted by molar-refractivity contribution is -0.137. The molecule has 11 N–H and O–H groups in total. The van der Waals surface area contributed by atoms with E-state index in [9.17, 15) is 38.4 Å². The van der Waals surface area contributed by atoms with Crippen LogP contribution in [0.25, 0.3) is 11.2 Å². The third-order valence-electron chi connectivity index (χ3n) is 12.2. The zero-order chi connectivity index (χ0) is 61.4. The Kier molecular flexibility index (Phi) is 29.6. The predicted molar refractivity (Wildman–Crippen MR) is 312 cm³/mol. The molecule has 0 bridgehead atoms. The van der Waals surface area contributed by atoms with E-state index in [1.165, 1.54) is 30.9 Å². The number of aromatic amines is 1. The second-order valence-corrected chi connectivity index (χ2v) is 18.7. The molecule has 0 spiro atoms. The van der Waals surface area contributed by atoms with Gasteiger partial charge in [0.05, 0.1) is 73.0 Å². The standard InChI is InChI=1S/C52H65N11O13.C4H9NO.CH5N/c1-5-75-50-59-47(54)46-48(60-50)63(51(69)58-46)31-38-13-10-37(26-40(38)71-4)30-61(29-35-8-6-34(27-53)7-9-35)52(70)76-32-36-11-14-39(15-12-36)56-42(65)28-55-49(68)45(33(2)3)57-41(64)18-20-72-22-24-74-25-23-73-21-19-62-43(66)16-17-44(62)67;1-2-3-5-4-6;1-2/h6-17,26,33,45H,5,18-25,27-32,53H2,1-4H3,(H,55,68)(H,56,65)(H,57,64)(H,58,69)(H2,54,59,60);4H,2-3H2,1H3,(H,5,6);2H2,1H3. The van der Waals surface area contributed by atoms with E-state index in [0.29, 0.717) is 42.1 Å². The summed E-state index contributed by atoms with van der Waals surface area (Å²) in [6.07, 6.45) is 3.56. The number of nitrogens with one attached hydrogen (secondary N) is 5. The highest BCUT2D eigenvalue weighted by molar-refractivity contribution is 6.12. The molecule has 0 radical (unpaired) electrons. The highest BCUT2D eigenvalue weighted by Gasteiger charge is 2.26. The number of nitrogens with two attached hydrogens (primary N) is 3. The van der Waals surface area contributed by atoms with E-state index in [2.05, 4.69) is 42.0 Å². The first kappa shape index (κ1) is 67.7. The van der Waals surface area contributed by atoms with Crippen molar-refractivity contribution in [2.24, 2.45) is 17.4 Å². The summed E-state index contributed by atoms with van der Waals surface area (Å²) in [7, 11) is 3.01. The number of nitrogen functional groups attached to an aromatic ring is 1. The summed E-state index contributed by atoms with van der Waals surface area (Å²) >= 11 is 0. The van der Waals surface area contributed by atoms with Crippen LogP contribution in [0.1, 0.15) is 68.4 Å². The summed E-state index contributed by atoms with van der Waals surface area (Å²) in [6.45, 7) is 10.3. The SMILES string of the molecule is CCCNC=O.CCOc1nc(N)c2[nH]c(=O)n(Cc3ccc(CN(Cc4ccc(CN)cc4)C(=O)OCc4ccc(NC(=O)CNC(=O)C(NC(=O)CCOCCOCCOCCN5C(=O)C=CC5=O)C(C)C)cc4)cc3OC)c2n1.CN. The summed E-state index contributed by atoms with van der Waals surface area (Å²) in [6, 6.07) is 18.8. The monoisotopic (exact) mass is 1170 g/mol. The number of fused-ring (bicyclic) bond motifs is 1. The molecule has 27 nitrogen and oxygen atoms in total. The van der Waals surface area contributed by atoms with E-state index in [1.807, 2.05) is 37.3 Å². The maximum absolute atomic E-state index is 13.8. The molecule has 7 amide bonds. The van der Waals surface area contributed by atoms with Gasteiger partial charge in [0.15, 0.2) is 11.5 Å². The first-order valence-electron chi connectivity index (χ1n) is 27.3. The van der Waals surface area contributed by atoms with Crippen molar-refractivity contribution in [2.45, 2.75) is 79.4 Å². The van der Waals surface area contributed by atoms with Gasteiger partial charge in [-0.15, -0.1) is 0 Å². The summed E-state index contributed by atoms with van der Waals surface area (Å²) < 4.78 is 34.7. The Bertz CT molecular complexity index is 2990. The molecule has 1 aliphatic rings. The minimum atomic E-state index is -0.901. The van der Waals surface area contributed by atoms with Gasteiger partial charge in [-0.1, -0.05) is 69.3 Å². The zero-order valence-corrected chi connectivity index (χ0v) is 48.4. The zero-order valence-electron chi connectivity index (χ0n) is 48.4. The largest absolute Gasteiger partial charge is 0.496 e. The predicted octanol–water partition coefficient (Wildman–Crippen LogP) is 2.23. The highest BCUT2D eigenvalue weighted by atomic mass is 16.6. The van der Waals surface area contributed by atoms with E-state index in [0.717, 1.165) is 34.6 Å². The molecule has 456 valence electrons. The fourth-order valence-corrected chi connectivity index (χ4v) is 7.87. The van der Waals surface area contributed by atoms with E-state index < -0.39 is 35.5 Å². The summed E-state index contributed by atoms with van der Waals surface area (Å²) in [5.74, 6) is -1.90.